The van der Waals surface area contributed by atoms with Gasteiger partial charge in [-0.25, -0.2) is 0 Å². The summed E-state index contributed by atoms with van der Waals surface area (Å²) in [5, 5.41) is 0.623. The Hall–Kier alpha value is -3.20. The number of hydrogen-bond donors (Lipinski definition) is 0. The number of aromatic nitrogens is 2. The van der Waals surface area contributed by atoms with Crippen molar-refractivity contribution in [1.29, 1.82) is 0 Å². The van der Waals surface area contributed by atoms with Crippen LogP contribution in [0.5, 0.6) is 0 Å². The lowest BCUT2D eigenvalue weighted by Gasteiger charge is -2.16. The molecule has 0 bridgehead atoms. The van der Waals surface area contributed by atoms with E-state index in [0.29, 0.717) is 11.2 Å². The molecule has 0 N–H and O–H groups in total. The van der Waals surface area contributed by atoms with Crippen LogP contribution in [-0.4, -0.2) is 9.55 Å². The Balaban J connectivity index is 2.13. The lowest BCUT2D eigenvalue weighted by Crippen LogP contribution is -2.15. The minimum absolute atomic E-state index is 0.201. The highest BCUT2D eigenvalue weighted by Gasteiger charge is 2.13. The van der Waals surface area contributed by atoms with Crippen LogP contribution in [0, 0.1) is 6.92 Å². The molecule has 0 fully saturated rings. The average molecular weight is 312 g/mol. The number of nitrogens with zero attached hydrogens (tertiary/aromatic N) is 2. The van der Waals surface area contributed by atoms with E-state index in [1.165, 1.54) is 5.56 Å². The zero-order chi connectivity index (χ0) is 16.5. The van der Waals surface area contributed by atoms with Gasteiger partial charge in [-0.05, 0) is 31.2 Å². The minimum Gasteiger partial charge on any atom is -0.294 e. The van der Waals surface area contributed by atoms with Crippen molar-refractivity contribution < 1.29 is 0 Å². The van der Waals surface area contributed by atoms with Crippen molar-refractivity contribution in [3.8, 4) is 17.1 Å². The van der Waals surface area contributed by atoms with Crippen LogP contribution >= 0.6 is 0 Å². The van der Waals surface area contributed by atoms with E-state index in [1.807, 2.05) is 59.2 Å². The molecule has 4 rings (SSSR count). The third-order valence-electron chi connectivity index (χ3n) is 4.12. The summed E-state index contributed by atoms with van der Waals surface area (Å²) in [5.74, 6) is 0.656. The van der Waals surface area contributed by atoms with Crippen LogP contribution in [0.2, 0.25) is 0 Å². The molecule has 0 aliphatic heterocycles. The van der Waals surface area contributed by atoms with Crippen molar-refractivity contribution in [1.82, 2.24) is 9.55 Å². The highest BCUT2D eigenvalue weighted by molar-refractivity contribution is 5.82. The largest absolute Gasteiger partial charge is 0.294 e. The Kier molecular flexibility index (Phi) is 3.47. The van der Waals surface area contributed by atoms with Gasteiger partial charge >= 0.3 is 0 Å². The van der Waals surface area contributed by atoms with E-state index in [-0.39, 0.29) is 5.56 Å². The van der Waals surface area contributed by atoms with Crippen LogP contribution in [-0.2, 0) is 0 Å². The molecule has 0 unspecified atom stereocenters. The van der Waals surface area contributed by atoms with Crippen molar-refractivity contribution in [2.75, 3.05) is 0 Å². The molecule has 1 aromatic heterocycles. The molecule has 0 radical (unpaired) electrons. The van der Waals surface area contributed by atoms with Gasteiger partial charge in [0.05, 0.1) is 10.9 Å². The summed E-state index contributed by atoms with van der Waals surface area (Å²) in [5.41, 5.74) is 3.76. The van der Waals surface area contributed by atoms with Crippen molar-refractivity contribution in [2.24, 2.45) is 0 Å². The number of para-hydroxylation sites is 1. The molecule has 3 aromatic carbocycles. The van der Waals surface area contributed by atoms with Crippen molar-refractivity contribution in [2.45, 2.75) is 6.92 Å². The zero-order valence-corrected chi connectivity index (χ0v) is 13.3. The average Bonchev–Trinajstić information content (AvgIpc) is 2.63. The second-order valence-electron chi connectivity index (χ2n) is 5.79. The summed E-state index contributed by atoms with van der Waals surface area (Å²) >= 11 is 0. The van der Waals surface area contributed by atoms with Crippen LogP contribution in [0.1, 0.15) is 5.56 Å². The lowest BCUT2D eigenvalue weighted by atomic mass is 10.1. The normalized spacial score (nSPS) is 10.9. The molecular weight excluding hydrogens is 296 g/mol. The van der Waals surface area contributed by atoms with Gasteiger partial charge in [0.2, 0.25) is 0 Å². The monoisotopic (exact) mass is 312 g/mol. The minimum atomic E-state index is -0.201. The lowest BCUT2D eigenvalue weighted by molar-refractivity contribution is 1.03. The molecule has 4 aromatic rings. The van der Waals surface area contributed by atoms with Crippen LogP contribution in [0.25, 0.3) is 28.0 Å². The molecule has 0 saturated heterocycles. The summed E-state index contributed by atoms with van der Waals surface area (Å²) in [6.45, 7) is 2.06. The molecule has 3 heteroatoms. The van der Waals surface area contributed by atoms with Crippen LogP contribution in [0.3, 0.4) is 0 Å². The Morgan fingerprint density at radius 1 is 0.792 bits per heavy atom. The van der Waals surface area contributed by atoms with Crippen molar-refractivity contribution >= 4 is 10.9 Å². The molecule has 24 heavy (non-hydrogen) atoms. The topological polar surface area (TPSA) is 34.9 Å². The first kappa shape index (κ1) is 14.4. The molecule has 0 atom stereocenters. The third kappa shape index (κ3) is 2.40. The fraction of sp³-hybridized carbons (Fsp3) is 0.0476. The fourth-order valence-electron chi connectivity index (χ4n) is 2.91. The van der Waals surface area contributed by atoms with E-state index >= 15 is 0 Å². The maximum absolute atomic E-state index is 12.5. The standard InChI is InChI=1S/C21H16N2O/c1-15-11-13-17(14-12-15)23-19-10-6-5-9-18(19)21(24)22-20(23)16-7-3-2-4-8-16/h2-14H,1H3. The van der Waals surface area contributed by atoms with Crippen LogP contribution in [0.15, 0.2) is 83.7 Å². The molecule has 1 heterocycles. The van der Waals surface area contributed by atoms with E-state index in [4.69, 9.17) is 0 Å². The number of rotatable bonds is 2. The van der Waals surface area contributed by atoms with Gasteiger partial charge in [-0.2, -0.15) is 4.98 Å². The SMILES string of the molecule is Cc1ccc(-n2c(-c3ccccc3)nc(=O)c3ccccc32)cc1. The van der Waals surface area contributed by atoms with Crippen LogP contribution < -0.4 is 5.56 Å². The summed E-state index contributed by atoms with van der Waals surface area (Å²) in [6.07, 6.45) is 0. The van der Waals surface area contributed by atoms with Gasteiger partial charge in [0.15, 0.2) is 0 Å². The van der Waals surface area contributed by atoms with Gasteiger partial charge in [0.1, 0.15) is 5.82 Å². The first-order chi connectivity index (χ1) is 11.7. The Labute approximate surface area is 139 Å². The zero-order valence-electron chi connectivity index (χ0n) is 13.3. The Bertz CT molecular complexity index is 1060. The number of fused-ring (bicyclic) bond motifs is 1. The number of aryl methyl sites for hydroxylation is 1. The van der Waals surface area contributed by atoms with E-state index in [9.17, 15) is 4.79 Å². The molecule has 0 aliphatic carbocycles. The van der Waals surface area contributed by atoms with Crippen LogP contribution in [0.4, 0.5) is 0 Å². The second kappa shape index (κ2) is 5.78. The summed E-state index contributed by atoms with van der Waals surface area (Å²) < 4.78 is 2.05. The van der Waals surface area contributed by atoms with Crippen molar-refractivity contribution in [3.63, 3.8) is 0 Å². The van der Waals surface area contributed by atoms with Gasteiger partial charge in [-0.15, -0.1) is 0 Å². The van der Waals surface area contributed by atoms with Gasteiger partial charge in [-0.1, -0.05) is 60.2 Å². The Morgan fingerprint density at radius 2 is 1.46 bits per heavy atom. The molecule has 0 spiro atoms. The molecular formula is C21H16N2O. The first-order valence-corrected chi connectivity index (χ1v) is 7.88. The molecule has 0 aliphatic rings. The number of hydrogen-bond acceptors (Lipinski definition) is 2. The highest BCUT2D eigenvalue weighted by atomic mass is 16.1. The fourth-order valence-corrected chi connectivity index (χ4v) is 2.91. The molecule has 116 valence electrons. The van der Waals surface area contributed by atoms with Gasteiger partial charge in [0.25, 0.3) is 5.56 Å². The van der Waals surface area contributed by atoms with E-state index < -0.39 is 0 Å². The smallest absolute Gasteiger partial charge is 0.281 e. The third-order valence-corrected chi connectivity index (χ3v) is 4.12. The van der Waals surface area contributed by atoms with Gasteiger partial charge in [0, 0.05) is 11.3 Å². The van der Waals surface area contributed by atoms with E-state index in [0.717, 1.165) is 16.8 Å². The first-order valence-electron chi connectivity index (χ1n) is 7.88. The van der Waals surface area contributed by atoms with E-state index in [2.05, 4.69) is 36.2 Å². The quantitative estimate of drug-likeness (QED) is 0.551. The second-order valence-corrected chi connectivity index (χ2v) is 5.79. The molecule has 0 saturated carbocycles. The maximum atomic E-state index is 12.5. The molecule has 0 amide bonds. The predicted molar refractivity (Wildman–Crippen MR) is 97.5 cm³/mol. The predicted octanol–water partition coefficient (Wildman–Crippen LogP) is 4.36. The number of benzene rings is 3. The highest BCUT2D eigenvalue weighted by Crippen LogP contribution is 2.25. The van der Waals surface area contributed by atoms with Crippen molar-refractivity contribution in [3.05, 3.63) is 94.8 Å². The maximum Gasteiger partial charge on any atom is 0.281 e. The Morgan fingerprint density at radius 3 is 2.21 bits per heavy atom. The molecule has 3 nitrogen and oxygen atoms in total. The summed E-state index contributed by atoms with van der Waals surface area (Å²) in [7, 11) is 0. The van der Waals surface area contributed by atoms with E-state index in [1.54, 1.807) is 0 Å². The van der Waals surface area contributed by atoms with Gasteiger partial charge in [-0.3, -0.25) is 9.36 Å². The summed E-state index contributed by atoms with van der Waals surface area (Å²) in [6, 6.07) is 25.7. The van der Waals surface area contributed by atoms with Gasteiger partial charge < -0.3 is 0 Å². The summed E-state index contributed by atoms with van der Waals surface area (Å²) in [4.78, 5) is 16.9.